The van der Waals surface area contributed by atoms with Crippen molar-refractivity contribution >= 4 is 29.4 Å². The normalized spacial score (nSPS) is 19.7. The summed E-state index contributed by atoms with van der Waals surface area (Å²) in [5.41, 5.74) is -0.797. The van der Waals surface area contributed by atoms with Crippen LogP contribution in [0.1, 0.15) is 70.1 Å². The number of hydrogen-bond acceptors (Lipinski definition) is 6. The fourth-order valence-corrected chi connectivity index (χ4v) is 5.86. The van der Waals surface area contributed by atoms with Crippen molar-refractivity contribution in [3.63, 3.8) is 0 Å². The summed E-state index contributed by atoms with van der Waals surface area (Å²) in [6.45, 7) is 8.36. The number of alkyl carbamates (subject to hydrolysis) is 1. The second kappa shape index (κ2) is 12.8. The Kier molecular flexibility index (Phi) is 9.42. The van der Waals surface area contributed by atoms with Crippen LogP contribution in [-0.2, 0) is 25.3 Å². The third-order valence-electron chi connectivity index (χ3n) is 7.86. The summed E-state index contributed by atoms with van der Waals surface area (Å²) >= 11 is 0. The summed E-state index contributed by atoms with van der Waals surface area (Å²) < 4.78 is 46.2. The molecule has 12 heteroatoms. The third kappa shape index (κ3) is 7.36. The van der Waals surface area contributed by atoms with Gasteiger partial charge in [-0.15, -0.1) is 0 Å². The van der Waals surface area contributed by atoms with Gasteiger partial charge in [0.05, 0.1) is 17.2 Å². The fourth-order valence-electron chi connectivity index (χ4n) is 5.86. The van der Waals surface area contributed by atoms with Crippen molar-refractivity contribution in [1.82, 2.24) is 10.2 Å². The number of hydrogen-bond donors (Lipinski definition) is 1. The zero-order chi connectivity index (χ0) is 33.3. The number of halogens is 3. The molecule has 0 radical (unpaired) electrons. The number of anilines is 1. The molecular formula is C33H35F3N4O5. The first kappa shape index (κ1) is 33.2. The number of Topliss-reactive ketones (excluding diaryl/α,β-unsaturated/α-hetero) is 1. The van der Waals surface area contributed by atoms with E-state index in [0.717, 1.165) is 23.1 Å². The van der Waals surface area contributed by atoms with E-state index in [-0.39, 0.29) is 36.1 Å². The predicted octanol–water partition coefficient (Wildman–Crippen LogP) is 5.70. The molecule has 0 spiro atoms. The van der Waals surface area contributed by atoms with E-state index in [4.69, 9.17) is 4.74 Å². The fraction of sp³-hybridized carbons (Fsp3) is 0.424. The van der Waals surface area contributed by atoms with Gasteiger partial charge in [-0.3, -0.25) is 19.3 Å². The molecule has 2 heterocycles. The summed E-state index contributed by atoms with van der Waals surface area (Å²) in [7, 11) is 0. The van der Waals surface area contributed by atoms with Gasteiger partial charge in [-0.1, -0.05) is 18.2 Å². The molecule has 9 nitrogen and oxygen atoms in total. The first-order valence-corrected chi connectivity index (χ1v) is 14.5. The van der Waals surface area contributed by atoms with Gasteiger partial charge >= 0.3 is 12.3 Å². The van der Waals surface area contributed by atoms with Crippen LogP contribution in [0.2, 0.25) is 0 Å². The minimum absolute atomic E-state index is 0.108. The van der Waals surface area contributed by atoms with Crippen LogP contribution in [0.25, 0.3) is 0 Å². The van der Waals surface area contributed by atoms with Gasteiger partial charge in [0.2, 0.25) is 11.8 Å². The summed E-state index contributed by atoms with van der Waals surface area (Å²) in [4.78, 5) is 56.6. The Morgan fingerprint density at radius 3 is 2.18 bits per heavy atom. The number of ketones is 1. The standard InChI is InChI=1S/C33H35F3N4O5/c1-19-26(20(2)41)27(22-11-9-21(18-37)10-12-22)28(30(43)40(19)25-8-6-7-23(17-25)33(34,35)36)29(42)39-15-13-24(14-16-39)38-31(44)45-32(3,4)5/h6-12,17,24,27-28H,13-16H2,1-5H3,(H,38,44). The molecule has 2 aliphatic heterocycles. The van der Waals surface area contributed by atoms with Gasteiger partial charge in [0.15, 0.2) is 5.78 Å². The van der Waals surface area contributed by atoms with Gasteiger partial charge in [-0.25, -0.2) is 4.79 Å². The van der Waals surface area contributed by atoms with E-state index in [1.807, 2.05) is 6.07 Å². The molecule has 0 saturated carbocycles. The molecule has 2 aliphatic rings. The average molecular weight is 625 g/mol. The highest BCUT2D eigenvalue weighted by Gasteiger charge is 2.49. The number of likely N-dealkylation sites (tertiary alicyclic amines) is 1. The largest absolute Gasteiger partial charge is 0.444 e. The molecule has 45 heavy (non-hydrogen) atoms. The molecule has 0 bridgehead atoms. The molecule has 1 N–H and O–H groups in total. The molecule has 2 aromatic carbocycles. The third-order valence-corrected chi connectivity index (χ3v) is 7.86. The van der Waals surface area contributed by atoms with E-state index >= 15 is 0 Å². The summed E-state index contributed by atoms with van der Waals surface area (Å²) in [6, 6.07) is 12.1. The van der Waals surface area contributed by atoms with Gasteiger partial charge in [0.1, 0.15) is 11.5 Å². The number of nitrogens with zero attached hydrogens (tertiary/aromatic N) is 3. The Labute approximate surface area is 259 Å². The van der Waals surface area contributed by atoms with Gasteiger partial charge in [0.25, 0.3) is 0 Å². The number of nitriles is 1. The number of carbonyl (C=O) groups is 4. The van der Waals surface area contributed by atoms with Crippen molar-refractivity contribution in [3.8, 4) is 6.07 Å². The number of amides is 3. The molecule has 1 saturated heterocycles. The van der Waals surface area contributed by atoms with E-state index in [9.17, 15) is 37.6 Å². The van der Waals surface area contributed by atoms with E-state index in [1.165, 1.54) is 36.9 Å². The topological polar surface area (TPSA) is 120 Å². The van der Waals surface area contributed by atoms with Crippen LogP contribution in [0, 0.1) is 17.2 Å². The lowest BCUT2D eigenvalue weighted by molar-refractivity contribution is -0.143. The highest BCUT2D eigenvalue weighted by molar-refractivity contribution is 6.15. The lowest BCUT2D eigenvalue weighted by atomic mass is 9.73. The van der Waals surface area contributed by atoms with Crippen LogP contribution in [0.3, 0.4) is 0 Å². The number of allylic oxidation sites excluding steroid dienone is 2. The molecule has 0 aromatic heterocycles. The maximum Gasteiger partial charge on any atom is 0.416 e. The lowest BCUT2D eigenvalue weighted by Gasteiger charge is -2.42. The number of carbonyl (C=O) groups excluding carboxylic acids is 4. The van der Waals surface area contributed by atoms with Crippen LogP contribution < -0.4 is 10.2 Å². The molecule has 3 amide bonds. The Hall–Kier alpha value is -4.66. The minimum atomic E-state index is -4.69. The quantitative estimate of drug-likeness (QED) is 0.426. The number of piperidine rings is 1. The molecular weight excluding hydrogens is 589 g/mol. The van der Waals surface area contributed by atoms with E-state index in [1.54, 1.807) is 32.9 Å². The summed E-state index contributed by atoms with van der Waals surface area (Å²) in [5, 5.41) is 12.1. The van der Waals surface area contributed by atoms with Crippen molar-refractivity contribution in [3.05, 3.63) is 76.5 Å². The average Bonchev–Trinajstić information content (AvgIpc) is 2.95. The SMILES string of the molecule is CC(=O)C1=C(C)N(c2cccc(C(F)(F)F)c2)C(=O)C(C(=O)N2CCC(NC(=O)OC(C)(C)C)CC2)C1c1ccc(C#N)cc1. The Morgan fingerprint density at radius 2 is 1.64 bits per heavy atom. The first-order chi connectivity index (χ1) is 21.0. The molecule has 2 unspecified atom stereocenters. The van der Waals surface area contributed by atoms with E-state index in [0.29, 0.717) is 24.0 Å². The van der Waals surface area contributed by atoms with Crippen LogP contribution >= 0.6 is 0 Å². The molecule has 2 atom stereocenters. The molecule has 0 aliphatic carbocycles. The number of benzene rings is 2. The first-order valence-electron chi connectivity index (χ1n) is 14.5. The highest BCUT2D eigenvalue weighted by Crippen LogP contribution is 2.44. The number of alkyl halides is 3. The Balaban J connectivity index is 1.74. The predicted molar refractivity (Wildman–Crippen MR) is 159 cm³/mol. The maximum atomic E-state index is 14.3. The molecule has 1 fully saturated rings. The molecule has 238 valence electrons. The molecule has 2 aromatic rings. The van der Waals surface area contributed by atoms with Gasteiger partial charge in [-0.05, 0) is 83.4 Å². The monoisotopic (exact) mass is 624 g/mol. The zero-order valence-corrected chi connectivity index (χ0v) is 25.7. The smallest absolute Gasteiger partial charge is 0.416 e. The summed E-state index contributed by atoms with van der Waals surface area (Å²) in [6.07, 6.45) is -4.52. The summed E-state index contributed by atoms with van der Waals surface area (Å²) in [5.74, 6) is -4.34. The minimum Gasteiger partial charge on any atom is -0.444 e. The van der Waals surface area contributed by atoms with Gasteiger partial charge in [-0.2, -0.15) is 18.4 Å². The second-order valence-corrected chi connectivity index (χ2v) is 12.2. The lowest BCUT2D eigenvalue weighted by Crippen LogP contribution is -2.54. The van der Waals surface area contributed by atoms with Crippen LogP contribution in [0.5, 0.6) is 0 Å². The van der Waals surface area contributed by atoms with Gasteiger partial charge < -0.3 is 15.0 Å². The highest BCUT2D eigenvalue weighted by atomic mass is 19.4. The van der Waals surface area contributed by atoms with Crippen LogP contribution in [-0.4, -0.2) is 53.3 Å². The van der Waals surface area contributed by atoms with Crippen molar-refractivity contribution in [1.29, 1.82) is 5.26 Å². The zero-order valence-electron chi connectivity index (χ0n) is 25.7. The Morgan fingerprint density at radius 1 is 1.02 bits per heavy atom. The molecule has 4 rings (SSSR count). The van der Waals surface area contributed by atoms with Crippen LogP contribution in [0.15, 0.2) is 59.8 Å². The van der Waals surface area contributed by atoms with E-state index in [2.05, 4.69) is 5.32 Å². The maximum absolute atomic E-state index is 14.3. The number of ether oxygens (including phenoxy) is 1. The van der Waals surface area contributed by atoms with Crippen LogP contribution in [0.4, 0.5) is 23.7 Å². The van der Waals surface area contributed by atoms with Gasteiger partial charge in [0, 0.05) is 42.0 Å². The van der Waals surface area contributed by atoms with Crippen molar-refractivity contribution in [2.45, 2.75) is 71.2 Å². The second-order valence-electron chi connectivity index (χ2n) is 12.2. The van der Waals surface area contributed by atoms with E-state index < -0.39 is 52.9 Å². The van der Waals surface area contributed by atoms with Crippen molar-refractivity contribution < 1.29 is 37.1 Å². The number of nitrogens with one attached hydrogen (secondary N) is 1. The Bertz CT molecular complexity index is 1560. The number of rotatable bonds is 5. The van der Waals surface area contributed by atoms with Crippen molar-refractivity contribution in [2.24, 2.45) is 5.92 Å². The van der Waals surface area contributed by atoms with Crippen molar-refractivity contribution in [2.75, 3.05) is 18.0 Å².